The number of hydrogen-bond donors (Lipinski definition) is 4. The second-order valence-electron chi connectivity index (χ2n) is 11.9. The number of nitrogens with one attached hydrogen (secondary N) is 2. The van der Waals surface area contributed by atoms with Crippen molar-refractivity contribution in [1.82, 2.24) is 38.7 Å². The zero-order valence-corrected chi connectivity index (χ0v) is 29.3. The first-order valence-corrected chi connectivity index (χ1v) is 16.5. The van der Waals surface area contributed by atoms with Gasteiger partial charge in [0.05, 0.1) is 35.0 Å². The van der Waals surface area contributed by atoms with E-state index in [9.17, 15) is 19.2 Å². The molecule has 17 nitrogen and oxygen atoms in total. The van der Waals surface area contributed by atoms with Gasteiger partial charge in [0.15, 0.2) is 0 Å². The van der Waals surface area contributed by atoms with Crippen molar-refractivity contribution in [3.63, 3.8) is 0 Å². The number of carbonyl (C=O) groups is 4. The van der Waals surface area contributed by atoms with E-state index < -0.39 is 23.6 Å². The topological polar surface area (TPSA) is 225 Å². The number of fused-ring (bicyclic) bond motifs is 2. The SMILES string of the molecule is CCn1nc(C)cc1C(=O)Nc1nc2cc(C(N)=O)ccc2n1CC=CCn1c(NC(=O)c2cc(C)nn2CC)nc2cc(C(N)=O)cc(OC)c21. The Morgan fingerprint density at radius 1 is 0.731 bits per heavy atom. The van der Waals surface area contributed by atoms with E-state index in [0.29, 0.717) is 63.7 Å². The van der Waals surface area contributed by atoms with Crippen LogP contribution in [0.25, 0.3) is 22.1 Å². The predicted octanol–water partition coefficient (Wildman–Crippen LogP) is 3.40. The summed E-state index contributed by atoms with van der Waals surface area (Å²) in [5, 5.41) is 14.5. The fraction of sp³-hybridized carbons (Fsp3) is 0.257. The largest absolute Gasteiger partial charge is 0.494 e. The second-order valence-corrected chi connectivity index (χ2v) is 11.9. The molecule has 17 heteroatoms. The average molecular weight is 707 g/mol. The summed E-state index contributed by atoms with van der Waals surface area (Å²) in [5.41, 5.74) is 15.7. The molecule has 4 aromatic heterocycles. The molecule has 4 heterocycles. The number of rotatable bonds is 13. The Bertz CT molecular complexity index is 2410. The lowest BCUT2D eigenvalue weighted by atomic mass is 10.1. The fourth-order valence-electron chi connectivity index (χ4n) is 5.99. The van der Waals surface area contributed by atoms with Gasteiger partial charge in [-0.2, -0.15) is 10.2 Å². The van der Waals surface area contributed by atoms with Gasteiger partial charge in [0.25, 0.3) is 11.8 Å². The molecule has 0 aliphatic rings. The number of hydrogen-bond acceptors (Lipinski definition) is 9. The first-order chi connectivity index (χ1) is 24.9. The lowest BCUT2D eigenvalue weighted by Gasteiger charge is -2.11. The third kappa shape index (κ3) is 6.70. The van der Waals surface area contributed by atoms with Crippen LogP contribution in [-0.4, -0.2) is 69.4 Å². The van der Waals surface area contributed by atoms with Crippen molar-refractivity contribution in [2.45, 2.75) is 53.9 Å². The van der Waals surface area contributed by atoms with Gasteiger partial charge in [0, 0.05) is 37.3 Å². The van der Waals surface area contributed by atoms with Crippen LogP contribution in [0.15, 0.2) is 54.6 Å². The van der Waals surface area contributed by atoms with E-state index in [-0.39, 0.29) is 36.1 Å². The van der Waals surface area contributed by atoms with Gasteiger partial charge < -0.3 is 25.3 Å². The minimum atomic E-state index is -0.657. The van der Waals surface area contributed by atoms with E-state index in [1.54, 1.807) is 55.8 Å². The van der Waals surface area contributed by atoms with Gasteiger partial charge in [0.2, 0.25) is 23.7 Å². The number of aryl methyl sites for hydroxylation is 4. The number of nitrogens with two attached hydrogens (primary N) is 2. The van der Waals surface area contributed by atoms with Crippen molar-refractivity contribution >= 4 is 57.6 Å². The maximum absolute atomic E-state index is 13.5. The van der Waals surface area contributed by atoms with Crippen LogP contribution in [0.1, 0.15) is 66.9 Å². The summed E-state index contributed by atoms with van der Waals surface area (Å²) in [7, 11) is 1.46. The molecule has 0 fully saturated rings. The Balaban J connectivity index is 1.36. The van der Waals surface area contributed by atoms with Crippen LogP contribution >= 0.6 is 0 Å². The summed E-state index contributed by atoms with van der Waals surface area (Å²) in [5.74, 6) is -1.30. The summed E-state index contributed by atoms with van der Waals surface area (Å²) in [4.78, 5) is 60.2. The Morgan fingerprint density at radius 3 is 1.79 bits per heavy atom. The molecule has 52 heavy (non-hydrogen) atoms. The van der Waals surface area contributed by atoms with Crippen LogP contribution < -0.4 is 26.8 Å². The number of carbonyl (C=O) groups excluding carboxylic acids is 4. The highest BCUT2D eigenvalue weighted by atomic mass is 16.5. The second kappa shape index (κ2) is 14.2. The van der Waals surface area contributed by atoms with Crippen LogP contribution in [0.2, 0.25) is 0 Å². The quantitative estimate of drug-likeness (QED) is 0.129. The lowest BCUT2D eigenvalue weighted by molar-refractivity contribution is 0.0992. The Kier molecular flexibility index (Phi) is 9.59. The Hall–Kier alpha value is -6.78. The van der Waals surface area contributed by atoms with Crippen LogP contribution in [-0.2, 0) is 26.2 Å². The molecule has 6 aromatic rings. The number of amides is 4. The Morgan fingerprint density at radius 2 is 1.25 bits per heavy atom. The van der Waals surface area contributed by atoms with Gasteiger partial charge >= 0.3 is 0 Å². The normalized spacial score (nSPS) is 11.5. The third-order valence-corrected chi connectivity index (χ3v) is 8.41. The van der Waals surface area contributed by atoms with Gasteiger partial charge in [-0.25, -0.2) is 9.97 Å². The molecule has 0 saturated heterocycles. The highest BCUT2D eigenvalue weighted by molar-refractivity contribution is 6.05. The smallest absolute Gasteiger partial charge is 0.276 e. The van der Waals surface area contributed by atoms with Crippen molar-refractivity contribution < 1.29 is 23.9 Å². The first-order valence-electron chi connectivity index (χ1n) is 16.5. The standard InChI is InChI=1S/C35H38N12O5/c1-6-46-26(14-19(3)42-46)32(50)40-34-38-23-16-21(30(36)48)10-11-25(23)44(34)12-8-9-13-45-29-24(17-22(31(37)49)18-28(29)52-5)39-35(45)41-33(51)27-15-20(4)43-47(27)7-2/h8-11,14-18H,6-7,12-13H2,1-5H3,(H2,36,48)(H2,37,49)(H,38,40,50)(H,39,41,51). The fourth-order valence-corrected chi connectivity index (χ4v) is 5.99. The number of benzene rings is 2. The van der Waals surface area contributed by atoms with E-state index in [2.05, 4.69) is 30.8 Å². The van der Waals surface area contributed by atoms with Crippen LogP contribution in [0.5, 0.6) is 5.75 Å². The van der Waals surface area contributed by atoms with E-state index >= 15 is 0 Å². The van der Waals surface area contributed by atoms with Gasteiger partial charge in [-0.3, -0.25) is 39.2 Å². The molecule has 268 valence electrons. The molecular weight excluding hydrogens is 668 g/mol. The molecule has 0 bridgehead atoms. The minimum Gasteiger partial charge on any atom is -0.494 e. The van der Waals surface area contributed by atoms with Gasteiger partial charge in [0.1, 0.15) is 22.7 Å². The molecule has 2 aromatic carbocycles. The highest BCUT2D eigenvalue weighted by Gasteiger charge is 2.22. The summed E-state index contributed by atoms with van der Waals surface area (Å²) in [6.45, 7) is 8.83. The lowest BCUT2D eigenvalue weighted by Crippen LogP contribution is -2.20. The monoisotopic (exact) mass is 706 g/mol. The molecule has 0 spiro atoms. The van der Waals surface area contributed by atoms with E-state index in [0.717, 1.165) is 0 Å². The molecule has 0 aliphatic heterocycles. The van der Waals surface area contributed by atoms with Gasteiger partial charge in [-0.1, -0.05) is 12.2 Å². The summed E-state index contributed by atoms with van der Waals surface area (Å²) in [6, 6.07) is 11.3. The van der Waals surface area contributed by atoms with E-state index in [1.165, 1.54) is 19.2 Å². The Labute approximate surface area is 297 Å². The molecule has 0 saturated carbocycles. The van der Waals surface area contributed by atoms with E-state index in [1.807, 2.05) is 32.9 Å². The summed E-state index contributed by atoms with van der Waals surface area (Å²) in [6.07, 6.45) is 3.71. The third-order valence-electron chi connectivity index (χ3n) is 8.41. The number of primary amides is 2. The molecule has 0 radical (unpaired) electrons. The molecule has 0 unspecified atom stereocenters. The number of anilines is 2. The molecule has 6 rings (SSSR count). The number of ether oxygens (including phenoxy) is 1. The minimum absolute atomic E-state index is 0.195. The molecular formula is C35H38N12O5. The molecule has 0 atom stereocenters. The maximum atomic E-state index is 13.5. The van der Waals surface area contributed by atoms with Crippen molar-refractivity contribution in [1.29, 1.82) is 0 Å². The zero-order chi connectivity index (χ0) is 37.3. The van der Waals surface area contributed by atoms with Gasteiger partial charge in [-0.15, -0.1) is 0 Å². The number of aromatic nitrogens is 8. The highest BCUT2D eigenvalue weighted by Crippen LogP contribution is 2.31. The van der Waals surface area contributed by atoms with Crippen molar-refractivity contribution in [2.24, 2.45) is 11.5 Å². The number of nitrogens with zero attached hydrogens (tertiary/aromatic N) is 8. The van der Waals surface area contributed by atoms with Crippen molar-refractivity contribution in [3.05, 3.63) is 88.5 Å². The van der Waals surface area contributed by atoms with Crippen molar-refractivity contribution in [2.75, 3.05) is 17.7 Å². The van der Waals surface area contributed by atoms with Crippen molar-refractivity contribution in [3.8, 4) is 5.75 Å². The summed E-state index contributed by atoms with van der Waals surface area (Å²) >= 11 is 0. The molecule has 4 amide bonds. The molecule has 0 aliphatic carbocycles. The number of imidazole rings is 2. The predicted molar refractivity (Wildman–Crippen MR) is 193 cm³/mol. The zero-order valence-electron chi connectivity index (χ0n) is 29.3. The maximum Gasteiger partial charge on any atom is 0.276 e. The number of allylic oxidation sites excluding steroid dienone is 2. The first kappa shape index (κ1) is 35.1. The van der Waals surface area contributed by atoms with Gasteiger partial charge in [-0.05, 0) is 70.2 Å². The molecule has 6 N–H and O–H groups in total. The van der Waals surface area contributed by atoms with Crippen LogP contribution in [0.3, 0.4) is 0 Å². The van der Waals surface area contributed by atoms with Crippen LogP contribution in [0.4, 0.5) is 11.9 Å². The average Bonchev–Trinajstić information content (AvgIpc) is 3.88. The summed E-state index contributed by atoms with van der Waals surface area (Å²) < 4.78 is 12.4. The van der Waals surface area contributed by atoms with E-state index in [4.69, 9.17) is 16.2 Å². The van der Waals surface area contributed by atoms with Crippen LogP contribution in [0, 0.1) is 13.8 Å². The number of methoxy groups -OCH3 is 1.